The fourth-order valence-electron chi connectivity index (χ4n) is 1.30. The van der Waals surface area contributed by atoms with Crippen LogP contribution in [0.4, 0.5) is 5.13 Å². The second-order valence-corrected chi connectivity index (χ2v) is 4.00. The zero-order chi connectivity index (χ0) is 12.8. The first-order valence-electron chi connectivity index (χ1n) is 4.46. The summed E-state index contributed by atoms with van der Waals surface area (Å²) in [6.45, 7) is 0. The van der Waals surface area contributed by atoms with Gasteiger partial charge in [0.1, 0.15) is 21.7 Å². The van der Waals surface area contributed by atoms with E-state index in [9.17, 15) is 0 Å². The van der Waals surface area contributed by atoms with Gasteiger partial charge < -0.3 is 27.8 Å². The Bertz CT molecular complexity index is 513. The molecule has 1 heterocycles. The van der Waals surface area contributed by atoms with Gasteiger partial charge in [0.2, 0.25) is 0 Å². The van der Waals surface area contributed by atoms with Gasteiger partial charge in [-0.2, -0.15) is 0 Å². The summed E-state index contributed by atoms with van der Waals surface area (Å²) < 4.78 is 11.3. The summed E-state index contributed by atoms with van der Waals surface area (Å²) in [5, 5.41) is 8.98. The number of hydrogen-bond donors (Lipinski definition) is 1. The number of anilines is 1. The molecule has 0 aliphatic rings. The van der Waals surface area contributed by atoms with E-state index in [0.29, 0.717) is 10.9 Å². The molecule has 0 fully saturated rings. The van der Waals surface area contributed by atoms with Crippen LogP contribution in [-0.4, -0.2) is 19.2 Å². The molecule has 8 heteroatoms. The van der Waals surface area contributed by atoms with E-state index in [-0.39, 0.29) is 29.6 Å². The van der Waals surface area contributed by atoms with Gasteiger partial charge in [0, 0.05) is 0 Å². The Hall–Kier alpha value is -0.780. The molecular weight excluding hydrogens is 281 g/mol. The first-order chi connectivity index (χ1) is 8.17. The molecule has 0 spiro atoms. The first kappa shape index (κ1) is 17.2. The molecule has 1 aromatic heterocycles. The molecule has 0 amide bonds. The molecule has 0 aliphatic carbocycles. The van der Waals surface area contributed by atoms with Crippen molar-refractivity contribution < 1.29 is 39.0 Å². The number of nitrogens with two attached hydrogens (primary N) is 1. The zero-order valence-corrected chi connectivity index (χ0v) is 13.9. The SMILES string of the molecule is COc1ccc(OC)c2sc(N)nc12.N#C[S-].[Na+]. The molecule has 90 valence electrons. The van der Waals surface area contributed by atoms with Crippen LogP contribution in [0, 0.1) is 10.7 Å². The van der Waals surface area contributed by atoms with Gasteiger partial charge in [-0.1, -0.05) is 16.7 Å². The predicted molar refractivity (Wildman–Crippen MR) is 70.1 cm³/mol. The number of thiocyanates is 1. The van der Waals surface area contributed by atoms with Crippen LogP contribution in [0.15, 0.2) is 12.1 Å². The minimum absolute atomic E-state index is 0. The molecular formula is C10H10N3NaO2S2. The number of hydrogen-bond acceptors (Lipinski definition) is 7. The fraction of sp³-hybridized carbons (Fsp3) is 0.200. The molecule has 2 N–H and O–H groups in total. The van der Waals surface area contributed by atoms with Crippen molar-refractivity contribution in [2.75, 3.05) is 20.0 Å². The average Bonchev–Trinajstić information content (AvgIpc) is 2.70. The number of aromatic nitrogens is 1. The van der Waals surface area contributed by atoms with Crippen molar-refractivity contribution in [3.05, 3.63) is 12.1 Å². The van der Waals surface area contributed by atoms with E-state index >= 15 is 0 Å². The third-order valence-electron chi connectivity index (χ3n) is 1.93. The van der Waals surface area contributed by atoms with Crippen molar-refractivity contribution in [2.24, 2.45) is 0 Å². The molecule has 18 heavy (non-hydrogen) atoms. The van der Waals surface area contributed by atoms with Crippen LogP contribution in [0.2, 0.25) is 0 Å². The Morgan fingerprint density at radius 3 is 2.33 bits per heavy atom. The van der Waals surface area contributed by atoms with Crippen LogP contribution < -0.4 is 44.8 Å². The minimum atomic E-state index is 0. The largest absolute Gasteiger partial charge is 1.00 e. The summed E-state index contributed by atoms with van der Waals surface area (Å²) in [5.41, 5.74) is 6.39. The van der Waals surface area contributed by atoms with Gasteiger partial charge in [-0.05, 0) is 12.1 Å². The van der Waals surface area contributed by atoms with Gasteiger partial charge in [-0.15, -0.1) is 0 Å². The van der Waals surface area contributed by atoms with E-state index in [2.05, 4.69) is 17.6 Å². The average molecular weight is 291 g/mol. The topological polar surface area (TPSA) is 81.2 Å². The number of rotatable bonds is 2. The van der Waals surface area contributed by atoms with Crippen molar-refractivity contribution in [3.63, 3.8) is 0 Å². The van der Waals surface area contributed by atoms with Crippen LogP contribution in [0.3, 0.4) is 0 Å². The van der Waals surface area contributed by atoms with Gasteiger partial charge in [0.05, 0.1) is 14.2 Å². The Labute approximate surface area is 137 Å². The number of thiazole rings is 1. The number of nitrogens with zero attached hydrogens (tertiary/aromatic N) is 2. The minimum Gasteiger partial charge on any atom is -0.696 e. The van der Waals surface area contributed by atoms with Crippen LogP contribution in [0.5, 0.6) is 11.5 Å². The second-order valence-electron chi connectivity index (χ2n) is 2.79. The van der Waals surface area contributed by atoms with Crippen LogP contribution in [-0.2, 0) is 12.6 Å². The molecule has 5 nitrogen and oxygen atoms in total. The zero-order valence-electron chi connectivity index (χ0n) is 10.3. The van der Waals surface area contributed by atoms with Crippen LogP contribution >= 0.6 is 11.3 Å². The Balaban J connectivity index is 0.000000660. The number of ether oxygens (including phenoxy) is 2. The molecule has 1 aromatic carbocycles. The van der Waals surface area contributed by atoms with E-state index in [4.69, 9.17) is 20.5 Å². The van der Waals surface area contributed by atoms with Gasteiger partial charge in [-0.3, -0.25) is 0 Å². The van der Waals surface area contributed by atoms with Gasteiger partial charge in [0.25, 0.3) is 0 Å². The van der Waals surface area contributed by atoms with Crippen molar-refractivity contribution in [1.82, 2.24) is 4.98 Å². The van der Waals surface area contributed by atoms with Crippen molar-refractivity contribution in [2.45, 2.75) is 0 Å². The number of fused-ring (bicyclic) bond motifs is 1. The summed E-state index contributed by atoms with van der Waals surface area (Å²) in [6.07, 6.45) is 0. The molecule has 2 rings (SSSR count). The normalized spacial score (nSPS) is 8.50. The Kier molecular flexibility index (Phi) is 7.98. The maximum absolute atomic E-state index is 7.13. The molecule has 0 saturated heterocycles. The Morgan fingerprint density at radius 2 is 1.83 bits per heavy atom. The van der Waals surface area contributed by atoms with E-state index in [1.165, 1.54) is 16.7 Å². The fourth-order valence-corrected chi connectivity index (χ4v) is 2.14. The molecule has 0 atom stereocenters. The second kappa shape index (κ2) is 8.34. The summed E-state index contributed by atoms with van der Waals surface area (Å²) in [7, 11) is 3.23. The predicted octanol–water partition coefficient (Wildman–Crippen LogP) is -1.09. The van der Waals surface area contributed by atoms with Gasteiger partial charge in [-0.25, -0.2) is 10.2 Å². The maximum Gasteiger partial charge on any atom is 1.00 e. The van der Waals surface area contributed by atoms with Crippen molar-refractivity contribution in [3.8, 4) is 16.9 Å². The van der Waals surface area contributed by atoms with Crippen LogP contribution in [0.1, 0.15) is 0 Å². The van der Waals surface area contributed by atoms with Crippen molar-refractivity contribution in [1.29, 1.82) is 5.26 Å². The first-order valence-corrected chi connectivity index (χ1v) is 5.68. The molecule has 0 unspecified atom stereocenters. The number of nitrogen functional groups attached to an aromatic ring is 1. The quantitative estimate of drug-likeness (QED) is 0.430. The summed E-state index contributed by atoms with van der Waals surface area (Å²) >= 11 is 5.09. The Morgan fingerprint density at radius 1 is 1.33 bits per heavy atom. The van der Waals surface area contributed by atoms with E-state index < -0.39 is 0 Å². The van der Waals surface area contributed by atoms with Gasteiger partial charge in [0.15, 0.2) is 5.13 Å². The molecule has 2 aromatic rings. The molecule has 0 aliphatic heterocycles. The monoisotopic (exact) mass is 291 g/mol. The molecule has 0 saturated carbocycles. The number of nitriles is 1. The third kappa shape index (κ3) is 3.86. The molecule has 0 radical (unpaired) electrons. The summed E-state index contributed by atoms with van der Waals surface area (Å²) in [5.74, 6) is 1.49. The van der Waals surface area contributed by atoms with Gasteiger partial charge >= 0.3 is 29.6 Å². The summed E-state index contributed by atoms with van der Waals surface area (Å²) in [4.78, 5) is 4.18. The third-order valence-corrected chi connectivity index (χ3v) is 2.83. The number of methoxy groups -OCH3 is 2. The standard InChI is InChI=1S/C9H10N2O2S.CHNS.Na/c1-12-5-3-4-6(13-2)8-7(5)11-9(10)14-8;2-1-3;/h3-4H,1-2H3,(H2,10,11);3H;/q;;+1/p-1. The maximum atomic E-state index is 7.13. The molecule has 0 bridgehead atoms. The number of benzene rings is 1. The van der Waals surface area contributed by atoms with E-state index in [0.717, 1.165) is 16.0 Å². The van der Waals surface area contributed by atoms with Crippen molar-refractivity contribution >= 4 is 39.3 Å². The van der Waals surface area contributed by atoms with E-state index in [1.807, 2.05) is 12.1 Å². The smallest absolute Gasteiger partial charge is 0.696 e. The van der Waals surface area contributed by atoms with Crippen LogP contribution in [0.25, 0.3) is 10.2 Å². The summed E-state index contributed by atoms with van der Waals surface area (Å²) in [6, 6.07) is 3.67. The van der Waals surface area contributed by atoms with E-state index in [1.54, 1.807) is 14.2 Å².